The molecule has 0 bridgehead atoms. The molecule has 4 N–H and O–H groups in total. The van der Waals surface area contributed by atoms with Crippen molar-refractivity contribution in [3.63, 3.8) is 0 Å². The van der Waals surface area contributed by atoms with E-state index in [0.29, 0.717) is 18.4 Å². The van der Waals surface area contributed by atoms with Gasteiger partial charge in [0.25, 0.3) is 0 Å². The van der Waals surface area contributed by atoms with E-state index in [2.05, 4.69) is 20.2 Å². The number of rotatable bonds is 3. The maximum atomic E-state index is 10.7. The predicted octanol–water partition coefficient (Wildman–Crippen LogP) is 1.56. The van der Waals surface area contributed by atoms with Crippen LogP contribution >= 0.6 is 0 Å². The van der Waals surface area contributed by atoms with Crippen molar-refractivity contribution in [2.24, 2.45) is 0 Å². The highest BCUT2D eigenvalue weighted by atomic mass is 16.4. The van der Waals surface area contributed by atoms with Crippen LogP contribution in [0.15, 0.2) is 6.07 Å². The van der Waals surface area contributed by atoms with E-state index in [1.807, 2.05) is 6.07 Å². The van der Waals surface area contributed by atoms with Crippen molar-refractivity contribution in [3.8, 4) is 0 Å². The zero-order valence-corrected chi connectivity index (χ0v) is 12.0. The number of nitrogens with two attached hydrogens (primary N) is 1. The molecule has 1 aromatic heterocycles. The van der Waals surface area contributed by atoms with Gasteiger partial charge in [-0.25, -0.2) is 9.78 Å². The van der Waals surface area contributed by atoms with E-state index in [1.165, 1.54) is 25.7 Å². The Morgan fingerprint density at radius 3 is 2.81 bits per heavy atom. The number of nitrogens with one attached hydrogen (secondary N) is 1. The molecule has 1 saturated heterocycles. The Bertz CT molecular complexity index is 530. The standard InChI is InChI=1S/C14H21N5O2/c15-13-17-11(9-3-1-2-4-9)7-12(18-13)19-6-5-10(8-19)16-14(20)21/h7,9-10,16H,1-6,8H2,(H,20,21)(H2,15,17,18). The van der Waals surface area contributed by atoms with Crippen molar-refractivity contribution in [3.05, 3.63) is 11.8 Å². The number of aromatic nitrogens is 2. The van der Waals surface area contributed by atoms with E-state index in [1.54, 1.807) is 0 Å². The van der Waals surface area contributed by atoms with Crippen LogP contribution in [0.2, 0.25) is 0 Å². The van der Waals surface area contributed by atoms with Crippen LogP contribution in [0.1, 0.15) is 43.7 Å². The number of nitrogen functional groups attached to an aromatic ring is 1. The van der Waals surface area contributed by atoms with E-state index in [9.17, 15) is 4.79 Å². The quantitative estimate of drug-likeness (QED) is 0.780. The molecule has 1 saturated carbocycles. The van der Waals surface area contributed by atoms with Crippen LogP contribution < -0.4 is 16.0 Å². The number of carbonyl (C=O) groups is 1. The number of nitrogens with zero attached hydrogens (tertiary/aromatic N) is 3. The molecule has 2 aliphatic rings. The van der Waals surface area contributed by atoms with Gasteiger partial charge in [0.2, 0.25) is 5.95 Å². The Morgan fingerprint density at radius 2 is 2.10 bits per heavy atom. The lowest BCUT2D eigenvalue weighted by molar-refractivity contribution is 0.191. The highest BCUT2D eigenvalue weighted by Crippen LogP contribution is 2.34. The summed E-state index contributed by atoms with van der Waals surface area (Å²) in [4.78, 5) is 21.5. The van der Waals surface area contributed by atoms with Crippen LogP contribution in [0.4, 0.5) is 16.6 Å². The van der Waals surface area contributed by atoms with E-state index in [-0.39, 0.29) is 6.04 Å². The fraction of sp³-hybridized carbons (Fsp3) is 0.643. The second-order valence-electron chi connectivity index (χ2n) is 5.87. The first-order valence-corrected chi connectivity index (χ1v) is 7.50. The molecule has 114 valence electrons. The predicted molar refractivity (Wildman–Crippen MR) is 79.4 cm³/mol. The second kappa shape index (κ2) is 5.75. The van der Waals surface area contributed by atoms with E-state index >= 15 is 0 Å². The summed E-state index contributed by atoms with van der Waals surface area (Å²) < 4.78 is 0. The van der Waals surface area contributed by atoms with Gasteiger partial charge in [0.05, 0.1) is 11.7 Å². The molecule has 0 radical (unpaired) electrons. The fourth-order valence-electron chi connectivity index (χ4n) is 3.32. The monoisotopic (exact) mass is 291 g/mol. The lowest BCUT2D eigenvalue weighted by Gasteiger charge is -2.19. The molecule has 2 fully saturated rings. The number of hydrogen-bond donors (Lipinski definition) is 3. The normalized spacial score (nSPS) is 22.7. The Hall–Kier alpha value is -2.05. The third-order valence-electron chi connectivity index (χ3n) is 4.36. The lowest BCUT2D eigenvalue weighted by atomic mass is 10.0. The van der Waals surface area contributed by atoms with Gasteiger partial charge in [0, 0.05) is 25.1 Å². The third-order valence-corrected chi connectivity index (χ3v) is 4.36. The maximum Gasteiger partial charge on any atom is 0.404 e. The molecular weight excluding hydrogens is 270 g/mol. The summed E-state index contributed by atoms with van der Waals surface area (Å²) in [5.41, 5.74) is 6.88. The van der Waals surface area contributed by atoms with Gasteiger partial charge in [0.15, 0.2) is 0 Å². The molecule has 2 heterocycles. The maximum absolute atomic E-state index is 10.7. The van der Waals surface area contributed by atoms with Crippen molar-refractivity contribution in [2.45, 2.75) is 44.1 Å². The molecule has 1 aliphatic heterocycles. The first-order valence-electron chi connectivity index (χ1n) is 7.50. The molecule has 1 aromatic rings. The summed E-state index contributed by atoms with van der Waals surface area (Å²) in [6.07, 6.45) is 4.64. The number of anilines is 2. The van der Waals surface area contributed by atoms with Gasteiger partial charge in [-0.1, -0.05) is 12.8 Å². The summed E-state index contributed by atoms with van der Waals surface area (Å²) in [6, 6.07) is 1.98. The largest absolute Gasteiger partial charge is 0.465 e. The Kier molecular flexibility index (Phi) is 3.81. The van der Waals surface area contributed by atoms with E-state index in [0.717, 1.165) is 24.5 Å². The molecular formula is C14H21N5O2. The number of amides is 1. The average molecular weight is 291 g/mol. The first-order chi connectivity index (χ1) is 10.1. The molecule has 3 rings (SSSR count). The molecule has 1 unspecified atom stereocenters. The van der Waals surface area contributed by atoms with Crippen molar-refractivity contribution >= 4 is 17.9 Å². The van der Waals surface area contributed by atoms with Crippen LogP contribution in [0.25, 0.3) is 0 Å². The summed E-state index contributed by atoms with van der Waals surface area (Å²) in [6.45, 7) is 1.42. The van der Waals surface area contributed by atoms with Crippen molar-refractivity contribution in [1.29, 1.82) is 0 Å². The van der Waals surface area contributed by atoms with Gasteiger partial charge in [-0.05, 0) is 19.3 Å². The van der Waals surface area contributed by atoms with Crippen molar-refractivity contribution in [1.82, 2.24) is 15.3 Å². The fourth-order valence-corrected chi connectivity index (χ4v) is 3.32. The van der Waals surface area contributed by atoms with Gasteiger partial charge >= 0.3 is 6.09 Å². The van der Waals surface area contributed by atoms with Gasteiger partial charge in [-0.3, -0.25) is 0 Å². The van der Waals surface area contributed by atoms with Gasteiger partial charge < -0.3 is 21.1 Å². The van der Waals surface area contributed by atoms with Crippen LogP contribution in [0, 0.1) is 0 Å². The van der Waals surface area contributed by atoms with Crippen LogP contribution in [-0.2, 0) is 0 Å². The van der Waals surface area contributed by atoms with Crippen LogP contribution in [0.5, 0.6) is 0 Å². The second-order valence-corrected chi connectivity index (χ2v) is 5.87. The molecule has 0 aromatic carbocycles. The van der Waals surface area contributed by atoms with Gasteiger partial charge in [-0.2, -0.15) is 4.98 Å². The minimum Gasteiger partial charge on any atom is -0.465 e. The first kappa shape index (κ1) is 13.9. The van der Waals surface area contributed by atoms with E-state index in [4.69, 9.17) is 10.8 Å². The molecule has 21 heavy (non-hydrogen) atoms. The molecule has 1 atom stereocenters. The third kappa shape index (κ3) is 3.17. The van der Waals surface area contributed by atoms with Crippen LogP contribution in [0.3, 0.4) is 0 Å². The lowest BCUT2D eigenvalue weighted by Crippen LogP contribution is -2.36. The summed E-state index contributed by atoms with van der Waals surface area (Å²) in [5, 5.41) is 11.3. The number of carboxylic acid groups (broad SMARTS) is 1. The van der Waals surface area contributed by atoms with Gasteiger partial charge in [-0.15, -0.1) is 0 Å². The zero-order chi connectivity index (χ0) is 14.8. The smallest absolute Gasteiger partial charge is 0.404 e. The Labute approximate surface area is 123 Å². The highest BCUT2D eigenvalue weighted by Gasteiger charge is 2.26. The Morgan fingerprint density at radius 1 is 1.33 bits per heavy atom. The topological polar surface area (TPSA) is 104 Å². The zero-order valence-electron chi connectivity index (χ0n) is 12.0. The minimum atomic E-state index is -0.976. The summed E-state index contributed by atoms with van der Waals surface area (Å²) in [5.74, 6) is 1.62. The molecule has 7 nitrogen and oxygen atoms in total. The minimum absolute atomic E-state index is 0.0476. The molecule has 1 aliphatic carbocycles. The van der Waals surface area contributed by atoms with Crippen molar-refractivity contribution < 1.29 is 9.90 Å². The summed E-state index contributed by atoms with van der Waals surface area (Å²) in [7, 11) is 0. The van der Waals surface area contributed by atoms with E-state index < -0.39 is 6.09 Å². The molecule has 0 spiro atoms. The number of hydrogen-bond acceptors (Lipinski definition) is 5. The average Bonchev–Trinajstić information content (AvgIpc) is 3.08. The SMILES string of the molecule is Nc1nc(C2CCCC2)cc(N2CCC(NC(=O)O)C2)n1. The van der Waals surface area contributed by atoms with Gasteiger partial charge in [0.1, 0.15) is 5.82 Å². The highest BCUT2D eigenvalue weighted by molar-refractivity contribution is 5.65. The summed E-state index contributed by atoms with van der Waals surface area (Å²) >= 11 is 0. The Balaban J connectivity index is 1.74. The molecule has 7 heteroatoms. The molecule has 1 amide bonds. The van der Waals surface area contributed by atoms with Crippen molar-refractivity contribution in [2.75, 3.05) is 23.7 Å². The van der Waals surface area contributed by atoms with Crippen LogP contribution in [-0.4, -0.2) is 40.3 Å².